The molecule has 0 bridgehead atoms. The van der Waals surface area contributed by atoms with Gasteiger partial charge in [0.15, 0.2) is 17.6 Å². The number of fused-ring (bicyclic) bond motifs is 1. The summed E-state index contributed by atoms with van der Waals surface area (Å²) in [7, 11) is 0. The Kier molecular flexibility index (Phi) is 5.73. The predicted molar refractivity (Wildman–Crippen MR) is 108 cm³/mol. The van der Waals surface area contributed by atoms with Gasteiger partial charge >= 0.3 is 0 Å². The van der Waals surface area contributed by atoms with Gasteiger partial charge in [-0.25, -0.2) is 0 Å². The van der Waals surface area contributed by atoms with Gasteiger partial charge in [0.25, 0.3) is 0 Å². The molecule has 1 amide bonds. The van der Waals surface area contributed by atoms with Crippen molar-refractivity contribution in [2.45, 2.75) is 63.6 Å². The topological polar surface area (TPSA) is 80.3 Å². The number of rotatable bonds is 4. The number of amides is 1. The molecule has 4 atom stereocenters. The molecule has 1 spiro atoms. The van der Waals surface area contributed by atoms with Gasteiger partial charge < -0.3 is 29.5 Å². The molecule has 2 saturated heterocycles. The van der Waals surface area contributed by atoms with Gasteiger partial charge in [0, 0.05) is 19.6 Å². The molecule has 29 heavy (non-hydrogen) atoms. The lowest BCUT2D eigenvalue weighted by atomic mass is 9.77. The number of aliphatic hydroxyl groups excluding tert-OH is 1. The first kappa shape index (κ1) is 20.4. The number of hydrogen-bond acceptors (Lipinski definition) is 6. The van der Waals surface area contributed by atoms with E-state index in [1.165, 1.54) is 0 Å². The number of hydrogen-bond donors (Lipinski definition) is 2. The SMILES string of the molecule is CC1OC2(CCN(CC(O)C3COc4ccccc4O3)CC2)C(C(C)C)NC1=O. The van der Waals surface area contributed by atoms with E-state index in [-0.39, 0.29) is 23.7 Å². The number of β-amino-alcohol motifs (C(OH)–C–C–N with tert-alkyl or cyclic N) is 1. The van der Waals surface area contributed by atoms with Gasteiger partial charge in [-0.15, -0.1) is 0 Å². The van der Waals surface area contributed by atoms with Gasteiger partial charge in [-0.1, -0.05) is 26.0 Å². The zero-order valence-corrected chi connectivity index (χ0v) is 17.5. The van der Waals surface area contributed by atoms with E-state index in [1.807, 2.05) is 31.2 Å². The maximum Gasteiger partial charge on any atom is 0.249 e. The van der Waals surface area contributed by atoms with Gasteiger partial charge in [0.05, 0.1) is 11.6 Å². The summed E-state index contributed by atoms with van der Waals surface area (Å²) in [6.07, 6.45) is 0.226. The van der Waals surface area contributed by atoms with E-state index in [2.05, 4.69) is 24.1 Å². The van der Waals surface area contributed by atoms with Crippen LogP contribution in [0.4, 0.5) is 0 Å². The number of aliphatic hydroxyl groups is 1. The van der Waals surface area contributed by atoms with Crippen molar-refractivity contribution in [3.05, 3.63) is 24.3 Å². The van der Waals surface area contributed by atoms with Crippen LogP contribution in [0.2, 0.25) is 0 Å². The van der Waals surface area contributed by atoms with Crippen molar-refractivity contribution in [2.75, 3.05) is 26.2 Å². The summed E-state index contributed by atoms with van der Waals surface area (Å²) in [6, 6.07) is 7.56. The fraction of sp³-hybridized carbons (Fsp3) is 0.682. The molecule has 0 saturated carbocycles. The molecule has 1 aromatic rings. The number of nitrogens with zero attached hydrogens (tertiary/aromatic N) is 1. The van der Waals surface area contributed by atoms with Crippen molar-refractivity contribution < 1.29 is 24.1 Å². The molecule has 2 fully saturated rings. The molecule has 7 nitrogen and oxygen atoms in total. The van der Waals surface area contributed by atoms with Gasteiger partial charge in [0.2, 0.25) is 5.91 Å². The van der Waals surface area contributed by atoms with Crippen molar-refractivity contribution in [1.82, 2.24) is 10.2 Å². The van der Waals surface area contributed by atoms with E-state index >= 15 is 0 Å². The Labute approximate surface area is 172 Å². The number of carbonyl (C=O) groups is 1. The fourth-order valence-corrected chi connectivity index (χ4v) is 4.81. The summed E-state index contributed by atoms with van der Waals surface area (Å²) in [4.78, 5) is 14.4. The molecule has 3 heterocycles. The van der Waals surface area contributed by atoms with Gasteiger partial charge in [-0.3, -0.25) is 4.79 Å². The number of benzene rings is 1. The number of ether oxygens (including phenoxy) is 3. The van der Waals surface area contributed by atoms with Crippen LogP contribution in [0.25, 0.3) is 0 Å². The predicted octanol–water partition coefficient (Wildman–Crippen LogP) is 1.58. The lowest BCUT2D eigenvalue weighted by Crippen LogP contribution is -2.67. The summed E-state index contributed by atoms with van der Waals surface area (Å²) >= 11 is 0. The molecule has 4 rings (SSSR count). The van der Waals surface area contributed by atoms with E-state index in [0.717, 1.165) is 31.7 Å². The van der Waals surface area contributed by atoms with E-state index in [9.17, 15) is 9.90 Å². The molecule has 0 radical (unpaired) electrons. The van der Waals surface area contributed by atoms with Crippen molar-refractivity contribution >= 4 is 5.91 Å². The zero-order valence-electron chi connectivity index (χ0n) is 17.5. The van der Waals surface area contributed by atoms with Crippen LogP contribution in [0, 0.1) is 5.92 Å². The van der Waals surface area contributed by atoms with Gasteiger partial charge in [-0.05, 0) is 37.8 Å². The third kappa shape index (κ3) is 4.09. The van der Waals surface area contributed by atoms with Crippen LogP contribution in [0.15, 0.2) is 24.3 Å². The third-order valence-corrected chi connectivity index (χ3v) is 6.42. The average molecular weight is 405 g/mol. The highest BCUT2D eigenvalue weighted by atomic mass is 16.6. The molecule has 3 aliphatic heterocycles. The first-order chi connectivity index (χ1) is 13.9. The highest BCUT2D eigenvalue weighted by Crippen LogP contribution is 2.37. The lowest BCUT2D eigenvalue weighted by molar-refractivity contribution is -0.186. The average Bonchev–Trinajstić information content (AvgIpc) is 2.72. The minimum absolute atomic E-state index is 0.0184. The molecule has 7 heteroatoms. The van der Waals surface area contributed by atoms with E-state index in [0.29, 0.717) is 24.8 Å². The molecule has 0 aliphatic carbocycles. The monoisotopic (exact) mass is 404 g/mol. The Morgan fingerprint density at radius 1 is 1.24 bits per heavy atom. The number of morpholine rings is 1. The maximum absolute atomic E-state index is 12.1. The molecular formula is C22H32N2O5. The second-order valence-electron chi connectivity index (χ2n) is 8.84. The number of piperidine rings is 1. The molecule has 4 unspecified atom stereocenters. The van der Waals surface area contributed by atoms with Crippen LogP contribution >= 0.6 is 0 Å². The van der Waals surface area contributed by atoms with Crippen molar-refractivity contribution in [2.24, 2.45) is 5.92 Å². The van der Waals surface area contributed by atoms with Gasteiger partial charge in [0.1, 0.15) is 18.8 Å². The van der Waals surface area contributed by atoms with Crippen LogP contribution in [0.5, 0.6) is 11.5 Å². The quantitative estimate of drug-likeness (QED) is 0.793. The standard InChI is InChI=1S/C22H32N2O5/c1-14(2)20-22(29-15(3)21(26)23-20)8-10-24(11-9-22)12-16(25)19-13-27-17-6-4-5-7-18(17)28-19/h4-7,14-16,19-20,25H,8-13H2,1-3H3,(H,23,26). The Hall–Kier alpha value is -1.83. The maximum atomic E-state index is 12.1. The summed E-state index contributed by atoms with van der Waals surface area (Å²) in [5.41, 5.74) is -0.327. The lowest BCUT2D eigenvalue weighted by Gasteiger charge is -2.52. The Morgan fingerprint density at radius 2 is 1.93 bits per heavy atom. The molecule has 160 valence electrons. The number of likely N-dealkylation sites (tertiary alicyclic amines) is 1. The summed E-state index contributed by atoms with van der Waals surface area (Å²) in [6.45, 7) is 8.57. The Bertz CT molecular complexity index is 732. The van der Waals surface area contributed by atoms with Crippen molar-refractivity contribution in [3.8, 4) is 11.5 Å². The fourth-order valence-electron chi connectivity index (χ4n) is 4.81. The van der Waals surface area contributed by atoms with E-state index < -0.39 is 12.2 Å². The summed E-state index contributed by atoms with van der Waals surface area (Å²) < 4.78 is 17.9. The Balaban J connectivity index is 1.34. The first-order valence-electron chi connectivity index (χ1n) is 10.6. The van der Waals surface area contributed by atoms with Crippen LogP contribution in [-0.4, -0.2) is 72.1 Å². The largest absolute Gasteiger partial charge is 0.486 e. The molecule has 1 aromatic carbocycles. The minimum atomic E-state index is -0.635. The first-order valence-corrected chi connectivity index (χ1v) is 10.6. The normalized spacial score (nSPS) is 30.2. The number of carbonyl (C=O) groups excluding carboxylic acids is 1. The number of nitrogens with one attached hydrogen (secondary N) is 1. The van der Waals surface area contributed by atoms with Crippen LogP contribution in [-0.2, 0) is 9.53 Å². The zero-order chi connectivity index (χ0) is 20.6. The van der Waals surface area contributed by atoms with Gasteiger partial charge in [-0.2, -0.15) is 0 Å². The van der Waals surface area contributed by atoms with Crippen LogP contribution < -0.4 is 14.8 Å². The van der Waals surface area contributed by atoms with Crippen molar-refractivity contribution in [1.29, 1.82) is 0 Å². The third-order valence-electron chi connectivity index (χ3n) is 6.42. The van der Waals surface area contributed by atoms with Crippen LogP contribution in [0.1, 0.15) is 33.6 Å². The van der Waals surface area contributed by atoms with Crippen molar-refractivity contribution in [3.63, 3.8) is 0 Å². The highest BCUT2D eigenvalue weighted by molar-refractivity contribution is 5.81. The second-order valence-corrected chi connectivity index (χ2v) is 8.84. The molecule has 0 aromatic heterocycles. The van der Waals surface area contributed by atoms with E-state index in [1.54, 1.807) is 0 Å². The van der Waals surface area contributed by atoms with Crippen LogP contribution in [0.3, 0.4) is 0 Å². The Morgan fingerprint density at radius 3 is 2.62 bits per heavy atom. The second kappa shape index (κ2) is 8.13. The molecule has 2 N–H and O–H groups in total. The molecule has 3 aliphatic rings. The summed E-state index contributed by atoms with van der Waals surface area (Å²) in [5.74, 6) is 1.68. The highest BCUT2D eigenvalue weighted by Gasteiger charge is 2.50. The van der Waals surface area contributed by atoms with E-state index in [4.69, 9.17) is 14.2 Å². The smallest absolute Gasteiger partial charge is 0.249 e. The number of para-hydroxylation sites is 2. The summed E-state index contributed by atoms with van der Waals surface area (Å²) in [5, 5.41) is 13.9. The minimum Gasteiger partial charge on any atom is -0.486 e. The molecular weight excluding hydrogens is 372 g/mol.